The molecule has 0 saturated heterocycles. The predicted octanol–water partition coefficient (Wildman–Crippen LogP) is 2.57. The van der Waals surface area contributed by atoms with Gasteiger partial charge in [0, 0.05) is 13.0 Å². The minimum absolute atomic E-state index is 0.711. The fraction of sp³-hybridized carbons (Fsp3) is 0.800. The van der Waals surface area contributed by atoms with Crippen molar-refractivity contribution in [2.75, 3.05) is 6.61 Å². The molecule has 0 unspecified atom stereocenters. The third kappa shape index (κ3) is 4.58. The summed E-state index contributed by atoms with van der Waals surface area (Å²) in [4.78, 5) is 0. The molecule has 0 amide bonds. The lowest BCUT2D eigenvalue weighted by molar-refractivity contribution is 0.317. The minimum Gasteiger partial charge on any atom is -0.419 e. The average Bonchev–Trinajstić information content (AvgIpc) is 1.96. The summed E-state index contributed by atoms with van der Waals surface area (Å²) in [5, 5.41) is 0. The third-order valence-corrected chi connectivity index (χ3v) is 5.12. The maximum Gasteiger partial charge on any atom is 0.182 e. The van der Waals surface area contributed by atoms with Crippen molar-refractivity contribution in [3.8, 4) is 12.3 Å². The molecular weight excluding hydrogens is 164 g/mol. The molecule has 0 aliphatic heterocycles. The van der Waals surface area contributed by atoms with Gasteiger partial charge in [-0.2, -0.15) is 0 Å². The zero-order valence-corrected chi connectivity index (χ0v) is 9.79. The van der Waals surface area contributed by atoms with Crippen molar-refractivity contribution in [3.05, 3.63) is 0 Å². The molecule has 0 spiro atoms. The first kappa shape index (κ1) is 11.7. The summed E-state index contributed by atoms with van der Waals surface area (Å²) in [6, 6.07) is 0. The van der Waals surface area contributed by atoms with Gasteiger partial charge in [0.25, 0.3) is 0 Å². The fourth-order valence-corrected chi connectivity index (χ4v) is 4.11. The molecule has 0 aromatic heterocycles. The zero-order chi connectivity index (χ0) is 9.56. The number of hydrogen-bond donors (Lipinski definition) is 0. The summed E-state index contributed by atoms with van der Waals surface area (Å²) in [7, 11) is -1.01. The first-order valence-corrected chi connectivity index (χ1v) is 6.45. The Hall–Kier alpha value is -0.263. The standard InChI is InChI=1S/C10H20OSi/c1-6-7-8-11-12(9(2)3)10(4)5/h1,9-10,12H,7-8H2,2-5H3. The molecule has 1 nitrogen and oxygen atoms in total. The highest BCUT2D eigenvalue weighted by Gasteiger charge is 2.20. The second-order valence-electron chi connectivity index (χ2n) is 3.78. The van der Waals surface area contributed by atoms with Crippen LogP contribution in [0, 0.1) is 12.3 Å². The zero-order valence-electron chi connectivity index (χ0n) is 8.63. The largest absolute Gasteiger partial charge is 0.419 e. The van der Waals surface area contributed by atoms with Crippen molar-refractivity contribution < 1.29 is 4.43 Å². The molecule has 0 N–H and O–H groups in total. The number of hydrogen-bond acceptors (Lipinski definition) is 1. The third-order valence-electron chi connectivity index (χ3n) is 1.87. The van der Waals surface area contributed by atoms with E-state index in [1.54, 1.807) is 0 Å². The van der Waals surface area contributed by atoms with Crippen LogP contribution in [0.1, 0.15) is 34.1 Å². The van der Waals surface area contributed by atoms with Crippen LogP contribution in [0.4, 0.5) is 0 Å². The van der Waals surface area contributed by atoms with Gasteiger partial charge in [0.15, 0.2) is 9.04 Å². The number of terminal acetylenes is 1. The van der Waals surface area contributed by atoms with Gasteiger partial charge in [-0.05, 0) is 11.1 Å². The second kappa shape index (κ2) is 6.27. The van der Waals surface area contributed by atoms with Crippen LogP contribution in [-0.2, 0) is 4.43 Å². The topological polar surface area (TPSA) is 9.23 Å². The molecule has 12 heavy (non-hydrogen) atoms. The van der Waals surface area contributed by atoms with E-state index in [1.165, 1.54) is 0 Å². The maximum absolute atomic E-state index is 5.80. The fourth-order valence-electron chi connectivity index (χ4n) is 1.41. The molecule has 0 bridgehead atoms. The SMILES string of the molecule is C#CCCO[SiH](C(C)C)C(C)C. The van der Waals surface area contributed by atoms with Crippen LogP contribution in [-0.4, -0.2) is 15.6 Å². The summed E-state index contributed by atoms with van der Waals surface area (Å²) in [6.45, 7) is 9.73. The lowest BCUT2D eigenvalue weighted by Crippen LogP contribution is -2.25. The normalized spacial score (nSPS) is 11.2. The summed E-state index contributed by atoms with van der Waals surface area (Å²) in [5.41, 5.74) is 1.42. The van der Waals surface area contributed by atoms with Crippen molar-refractivity contribution in [1.29, 1.82) is 0 Å². The van der Waals surface area contributed by atoms with Gasteiger partial charge < -0.3 is 4.43 Å². The molecule has 0 aliphatic carbocycles. The first-order valence-electron chi connectivity index (χ1n) is 4.64. The molecule has 0 aromatic rings. The van der Waals surface area contributed by atoms with Crippen molar-refractivity contribution in [1.82, 2.24) is 0 Å². The summed E-state index contributed by atoms with van der Waals surface area (Å²) >= 11 is 0. The predicted molar refractivity (Wildman–Crippen MR) is 56.7 cm³/mol. The van der Waals surface area contributed by atoms with E-state index in [0.29, 0.717) is 11.1 Å². The van der Waals surface area contributed by atoms with Crippen molar-refractivity contribution >= 4 is 9.04 Å². The van der Waals surface area contributed by atoms with Crippen LogP contribution in [0.15, 0.2) is 0 Å². The molecule has 0 aliphatic rings. The highest BCUT2D eigenvalue weighted by atomic mass is 28.3. The van der Waals surface area contributed by atoms with Gasteiger partial charge >= 0.3 is 0 Å². The molecule has 0 fully saturated rings. The van der Waals surface area contributed by atoms with Gasteiger partial charge in [-0.3, -0.25) is 0 Å². The quantitative estimate of drug-likeness (QED) is 0.362. The summed E-state index contributed by atoms with van der Waals surface area (Å²) in [6.07, 6.45) is 5.91. The second-order valence-corrected chi connectivity index (χ2v) is 7.71. The first-order chi connectivity index (χ1) is 5.59. The van der Waals surface area contributed by atoms with Crippen molar-refractivity contribution in [2.24, 2.45) is 0 Å². The molecule has 0 rings (SSSR count). The van der Waals surface area contributed by atoms with Crippen molar-refractivity contribution in [2.45, 2.75) is 45.2 Å². The van der Waals surface area contributed by atoms with E-state index in [0.717, 1.165) is 13.0 Å². The van der Waals surface area contributed by atoms with E-state index in [9.17, 15) is 0 Å². The van der Waals surface area contributed by atoms with Gasteiger partial charge in [-0.15, -0.1) is 12.3 Å². The van der Waals surface area contributed by atoms with E-state index >= 15 is 0 Å². The lowest BCUT2D eigenvalue weighted by Gasteiger charge is -2.22. The van der Waals surface area contributed by atoms with Crippen LogP contribution in [0.3, 0.4) is 0 Å². The molecule has 0 heterocycles. The smallest absolute Gasteiger partial charge is 0.182 e. The average molecular weight is 184 g/mol. The highest BCUT2D eigenvalue weighted by Crippen LogP contribution is 2.20. The van der Waals surface area contributed by atoms with E-state index in [4.69, 9.17) is 10.8 Å². The van der Waals surface area contributed by atoms with Gasteiger partial charge in [0.2, 0.25) is 0 Å². The molecule has 0 saturated carbocycles. The Balaban J connectivity index is 3.74. The van der Waals surface area contributed by atoms with Gasteiger partial charge in [-0.25, -0.2) is 0 Å². The van der Waals surface area contributed by atoms with E-state index in [1.807, 2.05) is 0 Å². The lowest BCUT2D eigenvalue weighted by atomic mass is 10.5. The minimum atomic E-state index is -1.01. The van der Waals surface area contributed by atoms with E-state index < -0.39 is 9.04 Å². The Bertz CT molecular complexity index is 138. The van der Waals surface area contributed by atoms with Crippen LogP contribution in [0.2, 0.25) is 11.1 Å². The van der Waals surface area contributed by atoms with E-state index in [-0.39, 0.29) is 0 Å². The van der Waals surface area contributed by atoms with Gasteiger partial charge in [0.05, 0.1) is 0 Å². The number of rotatable bonds is 5. The molecule has 0 radical (unpaired) electrons. The van der Waals surface area contributed by atoms with Gasteiger partial charge in [0.1, 0.15) is 0 Å². The monoisotopic (exact) mass is 184 g/mol. The Morgan fingerprint density at radius 3 is 2.08 bits per heavy atom. The van der Waals surface area contributed by atoms with Crippen LogP contribution in [0.25, 0.3) is 0 Å². The maximum atomic E-state index is 5.80. The molecule has 0 atom stereocenters. The highest BCUT2D eigenvalue weighted by molar-refractivity contribution is 6.54. The van der Waals surface area contributed by atoms with Crippen LogP contribution >= 0.6 is 0 Å². The summed E-state index contributed by atoms with van der Waals surface area (Å²) in [5.74, 6) is 2.60. The Labute approximate surface area is 78.2 Å². The Morgan fingerprint density at radius 1 is 1.25 bits per heavy atom. The van der Waals surface area contributed by atoms with E-state index in [2.05, 4.69) is 33.6 Å². The van der Waals surface area contributed by atoms with Crippen LogP contribution < -0.4 is 0 Å². The van der Waals surface area contributed by atoms with Crippen LogP contribution in [0.5, 0.6) is 0 Å². The van der Waals surface area contributed by atoms with Gasteiger partial charge in [-0.1, -0.05) is 27.7 Å². The molecule has 2 heteroatoms. The Kier molecular flexibility index (Phi) is 6.14. The molecule has 0 aromatic carbocycles. The molecule has 70 valence electrons. The summed E-state index contributed by atoms with van der Waals surface area (Å²) < 4.78 is 5.80. The molecular formula is C10H20OSi. The Morgan fingerprint density at radius 2 is 1.75 bits per heavy atom. The van der Waals surface area contributed by atoms with Crippen molar-refractivity contribution in [3.63, 3.8) is 0 Å².